The predicted octanol–water partition coefficient (Wildman–Crippen LogP) is 4.45. The van der Waals surface area contributed by atoms with Crippen LogP contribution in [-0.4, -0.2) is 52.6 Å². The van der Waals surface area contributed by atoms with Crippen LogP contribution in [0.15, 0.2) is 16.9 Å². The van der Waals surface area contributed by atoms with Gasteiger partial charge in [-0.2, -0.15) is 0 Å². The highest BCUT2D eigenvalue weighted by Crippen LogP contribution is 2.30. The number of benzene rings is 1. The first kappa shape index (κ1) is 21.6. The maximum absolute atomic E-state index is 13.2. The molecule has 28 heavy (non-hydrogen) atoms. The summed E-state index contributed by atoms with van der Waals surface area (Å²) in [7, 11) is 2.18. The fraction of sp³-hybridized carbons (Fsp3) is 0.619. The van der Waals surface area contributed by atoms with Gasteiger partial charge in [0, 0.05) is 32.7 Å². The van der Waals surface area contributed by atoms with Crippen molar-refractivity contribution < 1.29 is 0 Å². The number of nitrogens with zero attached hydrogens (tertiary/aromatic N) is 4. The summed E-state index contributed by atoms with van der Waals surface area (Å²) in [6.45, 7) is 11.2. The average Bonchev–Trinajstić information content (AvgIpc) is 2.81. The van der Waals surface area contributed by atoms with Gasteiger partial charge < -0.3 is 4.90 Å². The van der Waals surface area contributed by atoms with Crippen LogP contribution in [0.2, 0.25) is 10.0 Å². The summed E-state index contributed by atoms with van der Waals surface area (Å²) in [5, 5.41) is 1.34. The second-order valence-corrected chi connectivity index (χ2v) is 8.78. The molecule has 0 saturated carbocycles. The van der Waals surface area contributed by atoms with Crippen molar-refractivity contribution in [2.45, 2.75) is 46.2 Å². The van der Waals surface area contributed by atoms with E-state index < -0.39 is 0 Å². The Kier molecular flexibility index (Phi) is 7.02. The Hall–Kier alpha value is -1.14. The van der Waals surface area contributed by atoms with E-state index in [2.05, 4.69) is 30.7 Å². The Balaban J connectivity index is 2.14. The van der Waals surface area contributed by atoms with Crippen LogP contribution < -0.4 is 5.56 Å². The van der Waals surface area contributed by atoms with Crippen molar-refractivity contribution in [3.8, 4) is 0 Å². The van der Waals surface area contributed by atoms with Gasteiger partial charge in [0.25, 0.3) is 5.56 Å². The van der Waals surface area contributed by atoms with E-state index in [0.29, 0.717) is 33.4 Å². The molecule has 3 rings (SSSR count). The van der Waals surface area contributed by atoms with Gasteiger partial charge in [0.15, 0.2) is 0 Å². The fourth-order valence-electron chi connectivity index (χ4n) is 4.30. The van der Waals surface area contributed by atoms with E-state index >= 15 is 0 Å². The Morgan fingerprint density at radius 2 is 1.89 bits per heavy atom. The molecule has 0 aliphatic carbocycles. The lowest BCUT2D eigenvalue weighted by molar-refractivity contribution is 0.167. The summed E-state index contributed by atoms with van der Waals surface area (Å²) in [5.74, 6) is 1.42. The topological polar surface area (TPSA) is 41.4 Å². The van der Waals surface area contributed by atoms with E-state index in [1.165, 1.54) is 0 Å². The van der Waals surface area contributed by atoms with Gasteiger partial charge in [0.1, 0.15) is 5.82 Å². The standard InChI is InChI=1S/C21H30Cl2N4O/c1-5-7-19(26-9-8-25(4)12-14(3)13-26)20-24-18-11-17(23)16(22)10-15(18)21(28)27(20)6-2/h10-11,14,19H,5-9,12-13H2,1-4H3/t14?,19-/m1/s1. The van der Waals surface area contributed by atoms with Crippen LogP contribution in [0, 0.1) is 5.92 Å². The molecule has 2 heterocycles. The molecule has 1 aromatic heterocycles. The first-order chi connectivity index (χ1) is 13.3. The summed E-state index contributed by atoms with van der Waals surface area (Å²) in [6, 6.07) is 3.47. The summed E-state index contributed by atoms with van der Waals surface area (Å²) in [5.41, 5.74) is 0.586. The number of hydrogen-bond donors (Lipinski definition) is 0. The smallest absolute Gasteiger partial charge is 0.261 e. The predicted molar refractivity (Wildman–Crippen MR) is 118 cm³/mol. The van der Waals surface area contributed by atoms with Crippen LogP contribution >= 0.6 is 23.2 Å². The molecular formula is C21H30Cl2N4O. The van der Waals surface area contributed by atoms with Gasteiger partial charge in [-0.25, -0.2) is 4.98 Å². The second kappa shape index (κ2) is 9.12. The van der Waals surface area contributed by atoms with Crippen LogP contribution in [0.1, 0.15) is 45.5 Å². The highest BCUT2D eigenvalue weighted by Gasteiger charge is 2.28. The van der Waals surface area contributed by atoms with E-state index in [9.17, 15) is 4.79 Å². The molecule has 1 saturated heterocycles. The van der Waals surface area contributed by atoms with Gasteiger partial charge in [0.05, 0.1) is 27.0 Å². The second-order valence-electron chi connectivity index (χ2n) is 7.97. The number of likely N-dealkylation sites (N-methyl/N-ethyl adjacent to an activating group) is 1. The molecule has 0 N–H and O–H groups in total. The molecule has 1 aromatic carbocycles. The molecule has 0 amide bonds. The molecule has 2 atom stereocenters. The molecule has 2 aromatic rings. The lowest BCUT2D eigenvalue weighted by Gasteiger charge is -2.32. The number of rotatable bonds is 5. The third-order valence-electron chi connectivity index (χ3n) is 5.58. The van der Waals surface area contributed by atoms with Crippen LogP contribution in [0.4, 0.5) is 0 Å². The van der Waals surface area contributed by atoms with Crippen molar-refractivity contribution in [2.24, 2.45) is 5.92 Å². The quantitative estimate of drug-likeness (QED) is 0.710. The van der Waals surface area contributed by atoms with E-state index in [-0.39, 0.29) is 11.6 Å². The Morgan fingerprint density at radius 1 is 1.18 bits per heavy atom. The van der Waals surface area contributed by atoms with Gasteiger partial charge in [-0.15, -0.1) is 0 Å². The number of halogens is 2. The Morgan fingerprint density at radius 3 is 2.57 bits per heavy atom. The summed E-state index contributed by atoms with van der Waals surface area (Å²) < 4.78 is 1.81. The Bertz CT molecular complexity index is 898. The van der Waals surface area contributed by atoms with Crippen LogP contribution in [-0.2, 0) is 6.54 Å². The van der Waals surface area contributed by atoms with Gasteiger partial charge in [-0.05, 0) is 38.4 Å². The minimum absolute atomic E-state index is 0.0397. The van der Waals surface area contributed by atoms with E-state index in [0.717, 1.165) is 44.8 Å². The van der Waals surface area contributed by atoms with Crippen molar-refractivity contribution in [3.05, 3.63) is 38.4 Å². The van der Waals surface area contributed by atoms with E-state index in [4.69, 9.17) is 28.2 Å². The first-order valence-electron chi connectivity index (χ1n) is 10.2. The molecule has 0 radical (unpaired) electrons. The third kappa shape index (κ3) is 4.38. The van der Waals surface area contributed by atoms with Crippen LogP contribution in [0.25, 0.3) is 10.9 Å². The van der Waals surface area contributed by atoms with Crippen LogP contribution in [0.3, 0.4) is 0 Å². The van der Waals surface area contributed by atoms with Gasteiger partial charge in [-0.1, -0.05) is 43.5 Å². The van der Waals surface area contributed by atoms with Crippen molar-refractivity contribution in [1.82, 2.24) is 19.4 Å². The zero-order valence-corrected chi connectivity index (χ0v) is 18.7. The largest absolute Gasteiger partial charge is 0.305 e. The van der Waals surface area contributed by atoms with E-state index in [1.807, 2.05) is 11.5 Å². The minimum atomic E-state index is -0.0397. The highest BCUT2D eigenvalue weighted by atomic mass is 35.5. The van der Waals surface area contributed by atoms with Gasteiger partial charge >= 0.3 is 0 Å². The molecule has 5 nitrogen and oxygen atoms in total. The van der Waals surface area contributed by atoms with Crippen molar-refractivity contribution in [2.75, 3.05) is 33.2 Å². The van der Waals surface area contributed by atoms with Crippen molar-refractivity contribution in [3.63, 3.8) is 0 Å². The average molecular weight is 425 g/mol. The number of hydrogen-bond acceptors (Lipinski definition) is 4. The fourth-order valence-corrected chi connectivity index (χ4v) is 4.62. The third-order valence-corrected chi connectivity index (χ3v) is 6.30. The zero-order chi connectivity index (χ0) is 20.4. The normalized spacial score (nSPS) is 20.4. The highest BCUT2D eigenvalue weighted by molar-refractivity contribution is 6.42. The summed E-state index contributed by atoms with van der Waals surface area (Å²) in [6.07, 6.45) is 2.00. The maximum atomic E-state index is 13.2. The van der Waals surface area contributed by atoms with Crippen molar-refractivity contribution in [1.29, 1.82) is 0 Å². The molecule has 1 aliphatic rings. The Labute approximate surface area is 177 Å². The maximum Gasteiger partial charge on any atom is 0.261 e. The lowest BCUT2D eigenvalue weighted by atomic mass is 10.1. The molecule has 1 aliphatic heterocycles. The zero-order valence-electron chi connectivity index (χ0n) is 17.2. The van der Waals surface area contributed by atoms with Crippen molar-refractivity contribution >= 4 is 34.1 Å². The minimum Gasteiger partial charge on any atom is -0.305 e. The van der Waals surface area contributed by atoms with Crippen LogP contribution in [0.5, 0.6) is 0 Å². The lowest BCUT2D eigenvalue weighted by Crippen LogP contribution is -2.38. The molecule has 1 fully saturated rings. The number of aromatic nitrogens is 2. The molecule has 0 spiro atoms. The van der Waals surface area contributed by atoms with Gasteiger partial charge in [0.2, 0.25) is 0 Å². The number of fused-ring (bicyclic) bond motifs is 1. The monoisotopic (exact) mass is 424 g/mol. The first-order valence-corrected chi connectivity index (χ1v) is 10.9. The summed E-state index contributed by atoms with van der Waals surface area (Å²) in [4.78, 5) is 23.1. The molecular weight excluding hydrogens is 395 g/mol. The molecule has 0 bridgehead atoms. The molecule has 154 valence electrons. The summed E-state index contributed by atoms with van der Waals surface area (Å²) >= 11 is 12.4. The SMILES string of the molecule is CCC[C@H](c1nc2cc(Cl)c(Cl)cc2c(=O)n1CC)N1CCN(C)CC(C)C1. The molecule has 7 heteroatoms. The van der Waals surface area contributed by atoms with E-state index in [1.54, 1.807) is 12.1 Å². The van der Waals surface area contributed by atoms with Gasteiger partial charge in [-0.3, -0.25) is 14.3 Å². The molecule has 1 unspecified atom stereocenters.